The van der Waals surface area contributed by atoms with Crippen LogP contribution in [-0.2, 0) is 0 Å². The minimum Gasteiger partial charge on any atom is -0.393 e. The summed E-state index contributed by atoms with van der Waals surface area (Å²) in [6, 6.07) is 0. The van der Waals surface area contributed by atoms with E-state index in [0.717, 1.165) is 12.3 Å². The Morgan fingerprint density at radius 2 is 1.90 bits per heavy atom. The van der Waals surface area contributed by atoms with E-state index in [1.165, 1.54) is 12.8 Å². The van der Waals surface area contributed by atoms with Crippen molar-refractivity contribution < 1.29 is 5.11 Å². The molecule has 1 nitrogen and oxygen atoms in total. The third-order valence-corrected chi connectivity index (χ3v) is 2.71. The second-order valence-corrected chi connectivity index (χ2v) is 4.39. The maximum absolute atomic E-state index is 9.55. The lowest BCUT2D eigenvalue weighted by atomic mass is 9.71. The lowest BCUT2D eigenvalue weighted by molar-refractivity contribution is -0.00406. The van der Waals surface area contributed by atoms with E-state index in [9.17, 15) is 5.11 Å². The van der Waals surface area contributed by atoms with Crippen molar-refractivity contribution in [3.8, 4) is 0 Å². The quantitative estimate of drug-likeness (QED) is 0.549. The van der Waals surface area contributed by atoms with Gasteiger partial charge in [-0.2, -0.15) is 0 Å². The normalized spacial score (nSPS) is 39.6. The Labute approximate surface area is 63.4 Å². The third-order valence-electron chi connectivity index (χ3n) is 2.71. The summed E-state index contributed by atoms with van der Waals surface area (Å²) in [6.07, 6.45) is 3.30. The van der Waals surface area contributed by atoms with E-state index >= 15 is 0 Å². The molecule has 10 heavy (non-hydrogen) atoms. The number of rotatable bonds is 0. The Bertz CT molecular complexity index is 118. The maximum Gasteiger partial charge on any atom is 0.0591 e. The van der Waals surface area contributed by atoms with E-state index in [4.69, 9.17) is 0 Å². The second kappa shape index (κ2) is 2.54. The summed E-state index contributed by atoms with van der Waals surface area (Å²) in [6.45, 7) is 6.59. The molecule has 2 atom stereocenters. The summed E-state index contributed by atoms with van der Waals surface area (Å²) in [4.78, 5) is 0. The van der Waals surface area contributed by atoms with Gasteiger partial charge in [0.1, 0.15) is 0 Å². The molecule has 1 heteroatoms. The van der Waals surface area contributed by atoms with Gasteiger partial charge in [-0.1, -0.05) is 20.8 Å². The molecule has 1 aliphatic rings. The number of hydrogen-bond donors (Lipinski definition) is 1. The molecule has 0 unspecified atom stereocenters. The highest BCUT2D eigenvalue weighted by Gasteiger charge is 2.33. The molecule has 1 rings (SSSR count). The van der Waals surface area contributed by atoms with Gasteiger partial charge in [-0.05, 0) is 30.6 Å². The lowest BCUT2D eigenvalue weighted by Gasteiger charge is -2.38. The highest BCUT2D eigenvalue weighted by molar-refractivity contribution is 4.84. The molecule has 1 fully saturated rings. The molecular formula is C9H18O. The average Bonchev–Trinajstić information content (AvgIpc) is 1.78. The third kappa shape index (κ3) is 1.51. The molecule has 0 radical (unpaired) electrons. The highest BCUT2D eigenvalue weighted by atomic mass is 16.3. The summed E-state index contributed by atoms with van der Waals surface area (Å²) in [5.41, 5.74) is 0.164. The van der Waals surface area contributed by atoms with Crippen molar-refractivity contribution in [2.75, 3.05) is 0 Å². The van der Waals surface area contributed by atoms with Gasteiger partial charge in [0.2, 0.25) is 0 Å². The molecule has 0 amide bonds. The van der Waals surface area contributed by atoms with Crippen LogP contribution in [0.4, 0.5) is 0 Å². The number of hydrogen-bond acceptors (Lipinski definition) is 1. The van der Waals surface area contributed by atoms with Crippen LogP contribution in [0.1, 0.15) is 40.0 Å². The van der Waals surface area contributed by atoms with Crippen LogP contribution in [0.3, 0.4) is 0 Å². The highest BCUT2D eigenvalue weighted by Crippen LogP contribution is 2.38. The van der Waals surface area contributed by atoms with Crippen molar-refractivity contribution in [2.24, 2.45) is 11.3 Å². The van der Waals surface area contributed by atoms with Crippen LogP contribution in [0.2, 0.25) is 0 Å². The summed E-state index contributed by atoms with van der Waals surface area (Å²) in [7, 11) is 0. The molecule has 0 aliphatic heterocycles. The zero-order valence-electron chi connectivity index (χ0n) is 7.22. The average molecular weight is 142 g/mol. The molecule has 1 aliphatic carbocycles. The van der Waals surface area contributed by atoms with Gasteiger partial charge < -0.3 is 5.11 Å². The minimum absolute atomic E-state index is 0.0660. The number of aliphatic hydroxyl groups is 1. The van der Waals surface area contributed by atoms with E-state index in [2.05, 4.69) is 20.8 Å². The van der Waals surface area contributed by atoms with Crippen molar-refractivity contribution >= 4 is 0 Å². The van der Waals surface area contributed by atoms with Crippen LogP contribution in [0.25, 0.3) is 0 Å². The standard InChI is InChI=1S/C9H18O/c1-7-4-5-8(10)9(2,3)6-7/h7-8,10H,4-6H2,1-3H3/t7-,8-/m1/s1. The Hall–Kier alpha value is -0.0400. The molecule has 0 bridgehead atoms. The first kappa shape index (κ1) is 8.06. The Kier molecular flexibility index (Phi) is 2.04. The summed E-state index contributed by atoms with van der Waals surface area (Å²) < 4.78 is 0. The van der Waals surface area contributed by atoms with Gasteiger partial charge in [0.25, 0.3) is 0 Å². The van der Waals surface area contributed by atoms with Crippen molar-refractivity contribution in [2.45, 2.75) is 46.1 Å². The first-order valence-corrected chi connectivity index (χ1v) is 4.20. The van der Waals surface area contributed by atoms with Gasteiger partial charge in [-0.3, -0.25) is 0 Å². The topological polar surface area (TPSA) is 20.2 Å². The summed E-state index contributed by atoms with van der Waals surface area (Å²) in [5, 5.41) is 9.55. The maximum atomic E-state index is 9.55. The molecule has 0 aromatic carbocycles. The predicted octanol–water partition coefficient (Wildman–Crippen LogP) is 2.19. The fourth-order valence-electron chi connectivity index (χ4n) is 1.97. The van der Waals surface area contributed by atoms with Gasteiger partial charge in [0.05, 0.1) is 6.10 Å². The van der Waals surface area contributed by atoms with Crippen molar-refractivity contribution in [3.63, 3.8) is 0 Å². The molecular weight excluding hydrogens is 124 g/mol. The smallest absolute Gasteiger partial charge is 0.0591 e. The van der Waals surface area contributed by atoms with E-state index < -0.39 is 0 Å². The van der Waals surface area contributed by atoms with Crippen molar-refractivity contribution in [1.29, 1.82) is 0 Å². The Balaban J connectivity index is 2.55. The van der Waals surface area contributed by atoms with Crippen LogP contribution < -0.4 is 0 Å². The van der Waals surface area contributed by atoms with E-state index in [-0.39, 0.29) is 11.5 Å². The monoisotopic (exact) mass is 142 g/mol. The largest absolute Gasteiger partial charge is 0.393 e. The molecule has 0 spiro atoms. The fourth-order valence-corrected chi connectivity index (χ4v) is 1.97. The Morgan fingerprint density at radius 3 is 2.30 bits per heavy atom. The van der Waals surface area contributed by atoms with Crippen LogP contribution in [0.5, 0.6) is 0 Å². The first-order valence-electron chi connectivity index (χ1n) is 4.20. The lowest BCUT2D eigenvalue weighted by Crippen LogP contribution is -2.35. The van der Waals surface area contributed by atoms with Crippen LogP contribution in [-0.4, -0.2) is 11.2 Å². The van der Waals surface area contributed by atoms with E-state index in [0.29, 0.717) is 0 Å². The summed E-state index contributed by atoms with van der Waals surface area (Å²) >= 11 is 0. The molecule has 1 N–H and O–H groups in total. The molecule has 0 aromatic heterocycles. The number of aliphatic hydroxyl groups excluding tert-OH is 1. The molecule has 0 saturated heterocycles. The zero-order valence-corrected chi connectivity index (χ0v) is 7.22. The second-order valence-electron chi connectivity index (χ2n) is 4.39. The van der Waals surface area contributed by atoms with Crippen molar-refractivity contribution in [3.05, 3.63) is 0 Å². The summed E-state index contributed by atoms with van der Waals surface area (Å²) in [5.74, 6) is 0.804. The first-order chi connectivity index (χ1) is 4.52. The van der Waals surface area contributed by atoms with Gasteiger partial charge in [0.15, 0.2) is 0 Å². The van der Waals surface area contributed by atoms with Gasteiger partial charge in [-0.25, -0.2) is 0 Å². The van der Waals surface area contributed by atoms with Gasteiger partial charge >= 0.3 is 0 Å². The van der Waals surface area contributed by atoms with Gasteiger partial charge in [0, 0.05) is 0 Å². The predicted molar refractivity (Wildman–Crippen MR) is 42.8 cm³/mol. The van der Waals surface area contributed by atoms with Crippen molar-refractivity contribution in [1.82, 2.24) is 0 Å². The van der Waals surface area contributed by atoms with E-state index in [1.54, 1.807) is 0 Å². The van der Waals surface area contributed by atoms with Gasteiger partial charge in [-0.15, -0.1) is 0 Å². The zero-order chi connectivity index (χ0) is 7.78. The fraction of sp³-hybridized carbons (Fsp3) is 1.00. The SMILES string of the molecule is C[C@@H]1CC[C@@H](O)C(C)(C)C1. The van der Waals surface area contributed by atoms with Crippen LogP contribution in [0.15, 0.2) is 0 Å². The molecule has 60 valence electrons. The molecule has 1 saturated carbocycles. The molecule has 0 aromatic rings. The van der Waals surface area contributed by atoms with Crippen LogP contribution in [0, 0.1) is 11.3 Å². The molecule has 0 heterocycles. The minimum atomic E-state index is -0.0660. The Morgan fingerprint density at radius 1 is 1.30 bits per heavy atom. The van der Waals surface area contributed by atoms with E-state index in [1.807, 2.05) is 0 Å². The van der Waals surface area contributed by atoms with Crippen LogP contribution >= 0.6 is 0 Å².